The molecule has 2 aliphatic heterocycles. The summed E-state index contributed by atoms with van der Waals surface area (Å²) in [4.78, 5) is 0. The Kier molecular flexibility index (Phi) is 6.15. The molecule has 0 N–H and O–H groups in total. The summed E-state index contributed by atoms with van der Waals surface area (Å²) in [5.74, 6) is 0. The lowest BCUT2D eigenvalue weighted by molar-refractivity contribution is -0.660. The molecule has 1 aromatic heterocycles. The van der Waals surface area contributed by atoms with Gasteiger partial charge in [-0.3, -0.25) is 0 Å². The van der Waals surface area contributed by atoms with Gasteiger partial charge in [0.25, 0.3) is 0 Å². The van der Waals surface area contributed by atoms with Gasteiger partial charge in [-0.25, -0.2) is 4.57 Å². The lowest BCUT2D eigenvalue weighted by atomic mass is 9.65. The second kappa shape index (κ2) is 9.59. The number of nitrogens with zero attached hydrogens (tertiary/aromatic N) is 1. The number of benzene rings is 3. The van der Waals surface area contributed by atoms with Crippen LogP contribution in [-0.4, -0.2) is 8.07 Å². The first-order valence-corrected chi connectivity index (χ1v) is 17.8. The summed E-state index contributed by atoms with van der Waals surface area (Å²) in [5, 5.41) is 3.60. The molecular weight excluding hydrogens is 487 g/mol. The topological polar surface area (TPSA) is 3.88 Å². The third-order valence-corrected chi connectivity index (χ3v) is 16.0. The van der Waals surface area contributed by atoms with Crippen molar-refractivity contribution in [2.45, 2.75) is 82.7 Å². The monoisotopic (exact) mass is 528 g/mol. The van der Waals surface area contributed by atoms with Crippen LogP contribution in [0, 0.1) is 13.8 Å². The quantitative estimate of drug-likeness (QED) is 0.185. The van der Waals surface area contributed by atoms with E-state index < -0.39 is 8.07 Å². The fourth-order valence-electron chi connectivity index (χ4n) is 8.74. The van der Waals surface area contributed by atoms with Crippen LogP contribution in [-0.2, 0) is 12.5 Å². The van der Waals surface area contributed by atoms with Crippen LogP contribution in [0.4, 0.5) is 0 Å². The summed E-state index contributed by atoms with van der Waals surface area (Å²) in [7, 11) is 0.388. The van der Waals surface area contributed by atoms with Crippen LogP contribution in [0.1, 0.15) is 73.6 Å². The summed E-state index contributed by atoms with van der Waals surface area (Å²) < 4.78 is 2.31. The van der Waals surface area contributed by atoms with Crippen molar-refractivity contribution >= 4 is 18.4 Å². The molecule has 2 heteroatoms. The van der Waals surface area contributed by atoms with Gasteiger partial charge in [-0.1, -0.05) is 104 Å². The van der Waals surface area contributed by atoms with Crippen molar-refractivity contribution in [3.05, 3.63) is 101 Å². The maximum Gasteiger partial charge on any atom is 0.213 e. The summed E-state index contributed by atoms with van der Waals surface area (Å²) in [6, 6.07) is 31.7. The van der Waals surface area contributed by atoms with E-state index in [0.717, 1.165) is 0 Å². The van der Waals surface area contributed by atoms with E-state index in [2.05, 4.69) is 104 Å². The minimum Gasteiger partial charge on any atom is -0.201 e. The van der Waals surface area contributed by atoms with Gasteiger partial charge in [-0.2, -0.15) is 0 Å². The highest BCUT2D eigenvalue weighted by molar-refractivity contribution is 7.03. The van der Waals surface area contributed by atoms with Crippen molar-refractivity contribution in [2.24, 2.45) is 7.05 Å². The Balaban J connectivity index is 1.46. The van der Waals surface area contributed by atoms with E-state index in [1.807, 2.05) is 0 Å². The lowest BCUT2D eigenvalue weighted by Crippen LogP contribution is -2.67. The average Bonchev–Trinajstić information content (AvgIpc) is 2.98. The molecule has 2 fully saturated rings. The molecule has 1 nitrogen and oxygen atoms in total. The van der Waals surface area contributed by atoms with Crippen molar-refractivity contribution in [1.82, 2.24) is 0 Å². The van der Waals surface area contributed by atoms with Gasteiger partial charge in [0.05, 0.1) is 0 Å². The molecule has 0 radical (unpaired) electrons. The van der Waals surface area contributed by atoms with Crippen molar-refractivity contribution in [3.63, 3.8) is 0 Å². The number of fused-ring (bicyclic) bond motifs is 6. The predicted octanol–water partition coefficient (Wildman–Crippen LogP) is 7.77. The molecule has 0 unspecified atom stereocenters. The van der Waals surface area contributed by atoms with Gasteiger partial charge < -0.3 is 0 Å². The first kappa shape index (κ1) is 25.0. The molecule has 7 rings (SSSR count). The van der Waals surface area contributed by atoms with E-state index in [0.29, 0.717) is 0 Å². The zero-order valence-corrected chi connectivity index (χ0v) is 25.0. The maximum atomic E-state index is 2.71. The Bertz CT molecular complexity index is 1550. The van der Waals surface area contributed by atoms with Crippen molar-refractivity contribution < 1.29 is 4.57 Å². The molecule has 39 heavy (non-hydrogen) atoms. The molecule has 1 saturated heterocycles. The van der Waals surface area contributed by atoms with E-state index in [-0.39, 0.29) is 5.41 Å². The van der Waals surface area contributed by atoms with Gasteiger partial charge in [-0.15, -0.1) is 0 Å². The first-order chi connectivity index (χ1) is 19.0. The fourth-order valence-corrected chi connectivity index (χ4v) is 14.6. The first-order valence-electron chi connectivity index (χ1n) is 15.4. The largest absolute Gasteiger partial charge is 0.213 e. The van der Waals surface area contributed by atoms with Crippen LogP contribution >= 0.6 is 0 Å². The number of hydrogen-bond donors (Lipinski definition) is 0. The van der Waals surface area contributed by atoms with E-state index in [1.54, 1.807) is 21.5 Å². The number of aromatic nitrogens is 1. The highest BCUT2D eigenvalue weighted by Gasteiger charge is 2.51. The molecule has 3 heterocycles. The highest BCUT2D eigenvalue weighted by Crippen LogP contribution is 2.49. The number of pyridine rings is 1. The standard InChI is InChI=1S/C37H42NSi/c1-27-14-6-7-15-30(27)34-25-31(28(2)26-38(34)3)29-18-19-33-36(24-29)39(22-12-5-13-23-39)35-17-9-8-16-32(35)37(33)20-10-4-11-21-37/h6-9,14-19,24-26H,4-5,10-13,20-23H2,1-3H3/q+1. The Morgan fingerprint density at radius 1 is 0.641 bits per heavy atom. The van der Waals surface area contributed by atoms with Crippen LogP contribution in [0.25, 0.3) is 22.4 Å². The van der Waals surface area contributed by atoms with Crippen LogP contribution in [0.15, 0.2) is 79.0 Å². The molecule has 1 saturated carbocycles. The third kappa shape index (κ3) is 3.82. The van der Waals surface area contributed by atoms with Gasteiger partial charge in [0, 0.05) is 22.6 Å². The molecule has 0 bridgehead atoms. The van der Waals surface area contributed by atoms with E-state index in [9.17, 15) is 0 Å². The molecule has 2 spiro atoms. The normalized spacial score (nSPS) is 19.1. The van der Waals surface area contributed by atoms with Gasteiger partial charge in [0.15, 0.2) is 6.20 Å². The Morgan fingerprint density at radius 3 is 2.13 bits per heavy atom. The van der Waals surface area contributed by atoms with Gasteiger partial charge in [0.2, 0.25) is 5.69 Å². The summed E-state index contributed by atoms with van der Waals surface area (Å²) >= 11 is 0. The Labute approximate surface area is 236 Å². The molecule has 3 aliphatic rings. The highest BCUT2D eigenvalue weighted by atomic mass is 28.3. The predicted molar refractivity (Wildman–Crippen MR) is 167 cm³/mol. The van der Waals surface area contributed by atoms with Gasteiger partial charge >= 0.3 is 0 Å². The van der Waals surface area contributed by atoms with Crippen LogP contribution < -0.4 is 14.9 Å². The van der Waals surface area contributed by atoms with Crippen LogP contribution in [0.5, 0.6) is 0 Å². The van der Waals surface area contributed by atoms with Gasteiger partial charge in [0.1, 0.15) is 15.1 Å². The second-order valence-electron chi connectivity index (χ2n) is 12.8. The lowest BCUT2D eigenvalue weighted by Gasteiger charge is -2.51. The maximum absolute atomic E-state index is 2.71. The minimum absolute atomic E-state index is 0.225. The molecule has 0 atom stereocenters. The Morgan fingerprint density at radius 2 is 1.33 bits per heavy atom. The smallest absolute Gasteiger partial charge is 0.201 e. The molecule has 1 aliphatic carbocycles. The molecule has 0 amide bonds. The molecule has 4 aromatic rings. The molecule has 3 aromatic carbocycles. The zero-order valence-electron chi connectivity index (χ0n) is 24.0. The van der Waals surface area contributed by atoms with E-state index >= 15 is 0 Å². The average molecular weight is 529 g/mol. The number of aryl methyl sites for hydroxylation is 3. The van der Waals surface area contributed by atoms with Crippen molar-refractivity contribution in [3.8, 4) is 22.4 Å². The summed E-state index contributed by atoms with van der Waals surface area (Å²) in [6.07, 6.45) is 13.3. The minimum atomic E-state index is -1.81. The van der Waals surface area contributed by atoms with Crippen molar-refractivity contribution in [1.29, 1.82) is 0 Å². The van der Waals surface area contributed by atoms with Crippen molar-refractivity contribution in [2.75, 3.05) is 0 Å². The van der Waals surface area contributed by atoms with Crippen LogP contribution in [0.2, 0.25) is 12.1 Å². The van der Waals surface area contributed by atoms with E-state index in [1.165, 1.54) is 97.0 Å². The third-order valence-electron chi connectivity index (χ3n) is 10.6. The summed E-state index contributed by atoms with van der Waals surface area (Å²) in [5.41, 5.74) is 11.8. The van der Waals surface area contributed by atoms with E-state index in [4.69, 9.17) is 0 Å². The van der Waals surface area contributed by atoms with Gasteiger partial charge in [-0.05, 0) is 77.8 Å². The number of hydrogen-bond acceptors (Lipinski definition) is 0. The molecular formula is C37H42NSi+. The fraction of sp³-hybridized carbons (Fsp3) is 0.378. The Hall–Kier alpha value is -2.97. The second-order valence-corrected chi connectivity index (χ2v) is 17.0. The molecule has 198 valence electrons. The summed E-state index contributed by atoms with van der Waals surface area (Å²) in [6.45, 7) is 4.52. The SMILES string of the molecule is Cc1c[n+](C)c(-c2ccccc2C)cc1-c1ccc2c(c1)[Si]1(CCCCC1)c1ccccc1C21CCCCC1. The zero-order chi connectivity index (χ0) is 26.6. The van der Waals surface area contributed by atoms with Crippen LogP contribution in [0.3, 0.4) is 0 Å². The number of rotatable bonds is 2.